The molecule has 0 aromatic rings. The first-order valence-electron chi connectivity index (χ1n) is 2.45. The molecule has 0 amide bonds. The molecule has 0 unspecified atom stereocenters. The Balaban J connectivity index is 3.67. The topological polar surface area (TPSA) is 69.6 Å². The van der Waals surface area contributed by atoms with Crippen LogP contribution in [0.15, 0.2) is 12.7 Å². The third-order valence-electron chi connectivity index (χ3n) is 0.856. The summed E-state index contributed by atoms with van der Waals surface area (Å²) in [5, 5.41) is 16.4. The molecule has 0 aliphatic heterocycles. The highest BCUT2D eigenvalue weighted by molar-refractivity contribution is 5.73. The van der Waals surface area contributed by atoms with E-state index >= 15 is 0 Å². The summed E-state index contributed by atoms with van der Waals surface area (Å²) >= 11 is 0. The van der Waals surface area contributed by atoms with Gasteiger partial charge in [0.05, 0.1) is 0 Å². The van der Waals surface area contributed by atoms with Gasteiger partial charge in [0.25, 0.3) is 0 Å². The Morgan fingerprint density at radius 1 is 1.89 bits per heavy atom. The van der Waals surface area contributed by atoms with E-state index in [9.17, 15) is 4.79 Å². The molecule has 1 atom stereocenters. The third-order valence-corrected chi connectivity index (χ3v) is 0.856. The van der Waals surface area contributed by atoms with Gasteiger partial charge in [0.2, 0.25) is 0 Å². The minimum absolute atomic E-state index is 0.214. The number of aliphatic carboxylic acids is 1. The fourth-order valence-electron chi connectivity index (χ4n) is 0.375. The van der Waals surface area contributed by atoms with Gasteiger partial charge in [-0.25, -0.2) is 0 Å². The van der Waals surface area contributed by atoms with E-state index < -0.39 is 12.0 Å². The molecule has 0 saturated heterocycles. The molecule has 0 spiro atoms. The fraction of sp³-hybridized carbons (Fsp3) is 0.400. The average molecular weight is 131 g/mol. The van der Waals surface area contributed by atoms with Crippen LogP contribution in [0.5, 0.6) is 0 Å². The van der Waals surface area contributed by atoms with Gasteiger partial charge in [0.15, 0.2) is 0 Å². The maximum atomic E-state index is 10.1. The molecule has 0 aromatic carbocycles. The monoisotopic (exact) mass is 131 g/mol. The van der Waals surface area contributed by atoms with Crippen LogP contribution in [0.3, 0.4) is 0 Å². The molecule has 4 nitrogen and oxygen atoms in total. The van der Waals surface area contributed by atoms with Gasteiger partial charge in [-0.3, -0.25) is 4.79 Å². The fourth-order valence-corrected chi connectivity index (χ4v) is 0.375. The van der Waals surface area contributed by atoms with Gasteiger partial charge in [-0.1, -0.05) is 6.08 Å². The van der Waals surface area contributed by atoms with Crippen molar-refractivity contribution in [2.45, 2.75) is 12.5 Å². The van der Waals surface area contributed by atoms with Crippen molar-refractivity contribution < 1.29 is 15.1 Å². The highest BCUT2D eigenvalue weighted by Crippen LogP contribution is 1.89. The van der Waals surface area contributed by atoms with E-state index in [2.05, 4.69) is 6.58 Å². The molecular weight excluding hydrogens is 122 g/mol. The molecular formula is C5H9NO3. The first-order chi connectivity index (χ1) is 4.22. The number of hydrogen-bond donors (Lipinski definition) is 3. The Hall–Kier alpha value is -0.870. The average Bonchev–Trinajstić information content (AvgIpc) is 1.82. The predicted molar refractivity (Wildman–Crippen MR) is 31.2 cm³/mol. The van der Waals surface area contributed by atoms with Gasteiger partial charge in [-0.05, 0) is 6.42 Å². The second-order valence-corrected chi connectivity index (χ2v) is 1.54. The van der Waals surface area contributed by atoms with Crippen LogP contribution in [-0.2, 0) is 4.79 Å². The second-order valence-electron chi connectivity index (χ2n) is 1.54. The number of nitrogens with one attached hydrogen (secondary N) is 1. The molecule has 0 aromatic heterocycles. The lowest BCUT2D eigenvalue weighted by Gasteiger charge is -2.04. The van der Waals surface area contributed by atoms with E-state index in [0.29, 0.717) is 0 Å². The number of carboxylic acid groups (broad SMARTS) is 1. The Morgan fingerprint density at radius 2 is 2.44 bits per heavy atom. The zero-order valence-corrected chi connectivity index (χ0v) is 4.87. The summed E-state index contributed by atoms with van der Waals surface area (Å²) < 4.78 is 0. The van der Waals surface area contributed by atoms with Crippen molar-refractivity contribution in [2.24, 2.45) is 0 Å². The molecule has 0 aliphatic rings. The van der Waals surface area contributed by atoms with Crippen LogP contribution in [0.1, 0.15) is 6.42 Å². The van der Waals surface area contributed by atoms with Crippen LogP contribution in [0, 0.1) is 0 Å². The third kappa shape index (κ3) is 2.84. The van der Waals surface area contributed by atoms with Crippen molar-refractivity contribution in [3.63, 3.8) is 0 Å². The SMILES string of the molecule is C=CC[C@@H](NO)C(=O)O. The van der Waals surface area contributed by atoms with Gasteiger partial charge in [-0.15, -0.1) is 6.58 Å². The highest BCUT2D eigenvalue weighted by Gasteiger charge is 2.12. The second kappa shape index (κ2) is 4.05. The normalized spacial score (nSPS) is 12.6. The number of hydrogen-bond acceptors (Lipinski definition) is 3. The highest BCUT2D eigenvalue weighted by atomic mass is 16.5. The maximum absolute atomic E-state index is 10.1. The molecule has 3 N–H and O–H groups in total. The minimum Gasteiger partial charge on any atom is -0.480 e. The maximum Gasteiger partial charge on any atom is 0.323 e. The Labute approximate surface area is 52.8 Å². The van der Waals surface area contributed by atoms with Crippen LogP contribution in [0.25, 0.3) is 0 Å². The Morgan fingerprint density at radius 3 is 2.56 bits per heavy atom. The molecule has 9 heavy (non-hydrogen) atoms. The van der Waals surface area contributed by atoms with Crippen molar-refractivity contribution in [3.05, 3.63) is 12.7 Å². The number of carbonyl (C=O) groups is 1. The number of carboxylic acids is 1. The summed E-state index contributed by atoms with van der Waals surface area (Å²) in [6.45, 7) is 3.32. The van der Waals surface area contributed by atoms with Crippen LogP contribution < -0.4 is 5.48 Å². The van der Waals surface area contributed by atoms with E-state index in [1.54, 1.807) is 5.48 Å². The summed E-state index contributed by atoms with van der Waals surface area (Å²) in [7, 11) is 0. The minimum atomic E-state index is -1.09. The van der Waals surface area contributed by atoms with Gasteiger partial charge in [0.1, 0.15) is 6.04 Å². The molecule has 0 saturated carbocycles. The molecule has 0 heterocycles. The Bertz CT molecular complexity index is 113. The molecule has 52 valence electrons. The lowest BCUT2D eigenvalue weighted by Crippen LogP contribution is -2.33. The van der Waals surface area contributed by atoms with Crippen molar-refractivity contribution in [3.8, 4) is 0 Å². The van der Waals surface area contributed by atoms with Crippen molar-refractivity contribution in [2.75, 3.05) is 0 Å². The summed E-state index contributed by atoms with van der Waals surface area (Å²) in [6.07, 6.45) is 1.63. The largest absolute Gasteiger partial charge is 0.480 e. The van der Waals surface area contributed by atoms with Gasteiger partial charge >= 0.3 is 5.97 Å². The molecule has 0 radical (unpaired) electrons. The lowest BCUT2D eigenvalue weighted by atomic mass is 10.2. The molecule has 0 bridgehead atoms. The van der Waals surface area contributed by atoms with Crippen molar-refractivity contribution >= 4 is 5.97 Å². The van der Waals surface area contributed by atoms with Gasteiger partial charge < -0.3 is 10.3 Å². The van der Waals surface area contributed by atoms with Crippen LogP contribution in [0.2, 0.25) is 0 Å². The lowest BCUT2D eigenvalue weighted by molar-refractivity contribution is -0.142. The van der Waals surface area contributed by atoms with Crippen molar-refractivity contribution in [1.29, 1.82) is 0 Å². The number of hydroxylamine groups is 1. The zero-order chi connectivity index (χ0) is 7.28. The van der Waals surface area contributed by atoms with E-state index in [1.807, 2.05) is 0 Å². The first kappa shape index (κ1) is 8.13. The van der Waals surface area contributed by atoms with Crippen LogP contribution in [-0.4, -0.2) is 22.3 Å². The van der Waals surface area contributed by atoms with Crippen LogP contribution in [0.4, 0.5) is 0 Å². The van der Waals surface area contributed by atoms with Gasteiger partial charge in [-0.2, -0.15) is 5.48 Å². The summed E-state index contributed by atoms with van der Waals surface area (Å²) in [4.78, 5) is 10.1. The Kier molecular flexibility index (Phi) is 3.66. The zero-order valence-electron chi connectivity index (χ0n) is 4.87. The van der Waals surface area contributed by atoms with Crippen LogP contribution >= 0.6 is 0 Å². The van der Waals surface area contributed by atoms with E-state index in [4.69, 9.17) is 10.3 Å². The summed E-state index contributed by atoms with van der Waals surface area (Å²) in [6, 6.07) is -0.928. The quantitative estimate of drug-likeness (QED) is 0.371. The van der Waals surface area contributed by atoms with Crippen molar-refractivity contribution in [1.82, 2.24) is 5.48 Å². The summed E-state index contributed by atoms with van der Waals surface area (Å²) in [5.41, 5.74) is 1.63. The predicted octanol–water partition coefficient (Wildman–Crippen LogP) is -0.00550. The number of rotatable bonds is 4. The smallest absolute Gasteiger partial charge is 0.323 e. The van der Waals surface area contributed by atoms with E-state index in [0.717, 1.165) is 0 Å². The van der Waals surface area contributed by atoms with E-state index in [-0.39, 0.29) is 6.42 Å². The van der Waals surface area contributed by atoms with E-state index in [1.165, 1.54) is 6.08 Å². The molecule has 0 rings (SSSR count). The molecule has 0 aliphatic carbocycles. The molecule has 0 fully saturated rings. The molecule has 4 heteroatoms. The van der Waals surface area contributed by atoms with Gasteiger partial charge in [0, 0.05) is 0 Å². The standard InChI is InChI=1S/C5H9NO3/c1-2-3-4(6-9)5(7)8/h2,4,6,9H,1,3H2,(H,7,8)/t4-/m1/s1. The summed E-state index contributed by atoms with van der Waals surface area (Å²) in [5.74, 6) is -1.09. The first-order valence-corrected chi connectivity index (χ1v) is 2.45.